The lowest BCUT2D eigenvalue weighted by atomic mass is 10.1. The zero-order valence-electron chi connectivity index (χ0n) is 16.5. The van der Waals surface area contributed by atoms with Crippen molar-refractivity contribution in [1.29, 1.82) is 5.26 Å². The molecule has 2 aromatic heterocycles. The number of H-pyrrole nitrogens is 1. The molecule has 0 saturated carbocycles. The summed E-state index contributed by atoms with van der Waals surface area (Å²) in [4.78, 5) is 22.0. The molecule has 0 bridgehead atoms. The zero-order chi connectivity index (χ0) is 23.0. The van der Waals surface area contributed by atoms with Crippen LogP contribution in [0.3, 0.4) is 0 Å². The van der Waals surface area contributed by atoms with Gasteiger partial charge in [0.05, 0.1) is 30.2 Å². The fourth-order valence-electron chi connectivity index (χ4n) is 3.39. The van der Waals surface area contributed by atoms with Crippen LogP contribution in [0, 0.1) is 11.3 Å². The van der Waals surface area contributed by atoms with Crippen molar-refractivity contribution in [2.24, 2.45) is 0 Å². The number of aliphatic hydroxyl groups excluding tert-OH is 2. The summed E-state index contributed by atoms with van der Waals surface area (Å²) in [6.45, 7) is -0.369. The van der Waals surface area contributed by atoms with E-state index in [4.69, 9.17) is 14.7 Å². The first kappa shape index (κ1) is 21.9. The molecule has 1 aliphatic heterocycles. The molecule has 1 aliphatic rings. The van der Waals surface area contributed by atoms with Gasteiger partial charge in [0.15, 0.2) is 17.4 Å². The molecule has 1 fully saturated rings. The highest BCUT2D eigenvalue weighted by molar-refractivity contribution is 7.89. The molecule has 168 valence electrons. The van der Waals surface area contributed by atoms with Crippen molar-refractivity contribution in [2.75, 3.05) is 13.7 Å². The number of fused-ring (bicyclic) bond motifs is 1. The van der Waals surface area contributed by atoms with E-state index in [9.17, 15) is 23.4 Å². The van der Waals surface area contributed by atoms with Gasteiger partial charge in [-0.25, -0.2) is 23.1 Å². The summed E-state index contributed by atoms with van der Waals surface area (Å²) in [6.07, 6.45) is -2.73. The third-order valence-electron chi connectivity index (χ3n) is 5.05. The number of nitriles is 1. The van der Waals surface area contributed by atoms with Gasteiger partial charge in [-0.05, 0) is 18.2 Å². The number of nitrogens with one attached hydrogen (secondary N) is 2. The van der Waals surface area contributed by atoms with Crippen LogP contribution < -0.4 is 15.0 Å². The lowest BCUT2D eigenvalue weighted by Crippen LogP contribution is -2.39. The Bertz CT molecular complexity index is 1360. The summed E-state index contributed by atoms with van der Waals surface area (Å²) >= 11 is 0. The van der Waals surface area contributed by atoms with E-state index in [1.807, 2.05) is 6.07 Å². The normalized spacial score (nSPS) is 23.3. The van der Waals surface area contributed by atoms with Gasteiger partial charge in [0.25, 0.3) is 5.56 Å². The molecule has 1 aromatic carbocycles. The second-order valence-electron chi connectivity index (χ2n) is 6.93. The summed E-state index contributed by atoms with van der Waals surface area (Å²) in [5.41, 5.74) is -0.289. The molecule has 32 heavy (non-hydrogen) atoms. The number of sulfonamides is 1. The number of hydrogen-bond donors (Lipinski definition) is 4. The maximum atomic E-state index is 12.6. The highest BCUT2D eigenvalue weighted by Gasteiger charge is 2.44. The van der Waals surface area contributed by atoms with Crippen LogP contribution in [0.25, 0.3) is 11.2 Å². The van der Waals surface area contributed by atoms with Crippen molar-refractivity contribution in [1.82, 2.24) is 24.2 Å². The van der Waals surface area contributed by atoms with Gasteiger partial charge in [0.2, 0.25) is 10.0 Å². The van der Waals surface area contributed by atoms with Gasteiger partial charge in [0.1, 0.15) is 30.1 Å². The number of aromatic nitrogens is 4. The number of imidazole rings is 1. The third kappa shape index (κ3) is 3.72. The molecular formula is C18H18N6O7S. The minimum Gasteiger partial charge on any atom is -0.495 e. The number of hydrogen-bond acceptors (Lipinski definition) is 10. The molecule has 0 amide bonds. The summed E-state index contributed by atoms with van der Waals surface area (Å²) < 4.78 is 39.5. The van der Waals surface area contributed by atoms with E-state index in [0.29, 0.717) is 0 Å². The number of ether oxygens (including phenoxy) is 2. The van der Waals surface area contributed by atoms with E-state index in [2.05, 4.69) is 19.7 Å². The molecule has 3 aromatic rings. The quantitative estimate of drug-likeness (QED) is 0.338. The molecule has 4 atom stereocenters. The molecular weight excluding hydrogens is 444 g/mol. The number of nitrogens with zero attached hydrogens (tertiary/aromatic N) is 4. The molecule has 4 rings (SSSR count). The number of benzene rings is 1. The molecule has 0 unspecified atom stereocenters. The van der Waals surface area contributed by atoms with Gasteiger partial charge in [-0.2, -0.15) is 5.26 Å². The Hall–Kier alpha value is -3.35. The lowest BCUT2D eigenvalue weighted by molar-refractivity contribution is -0.0330. The van der Waals surface area contributed by atoms with Gasteiger partial charge < -0.3 is 24.7 Å². The topological polar surface area (TPSA) is 192 Å². The Morgan fingerprint density at radius 2 is 2.12 bits per heavy atom. The SMILES string of the molecule is COc1ccc(S(=O)(=O)NC[C@H]2O[C@@H](n3cnc4c(=O)[nH]cnc43)[C@H](O)[C@@H]2O)cc1C#N. The fraction of sp³-hybridized carbons (Fsp3) is 0.333. The van der Waals surface area contributed by atoms with Crippen LogP contribution in [0.15, 0.2) is 40.5 Å². The van der Waals surface area contributed by atoms with Crippen molar-refractivity contribution >= 4 is 21.2 Å². The van der Waals surface area contributed by atoms with E-state index >= 15 is 0 Å². The van der Waals surface area contributed by atoms with Crippen molar-refractivity contribution < 1.29 is 28.1 Å². The molecule has 0 radical (unpaired) electrons. The van der Waals surface area contributed by atoms with Crippen LogP contribution in [0.1, 0.15) is 11.8 Å². The lowest BCUT2D eigenvalue weighted by Gasteiger charge is -2.16. The van der Waals surface area contributed by atoms with E-state index in [1.165, 1.54) is 30.1 Å². The summed E-state index contributed by atoms with van der Waals surface area (Å²) in [5, 5.41) is 30.0. The van der Waals surface area contributed by atoms with E-state index in [1.54, 1.807) is 0 Å². The number of aliphatic hydroxyl groups is 2. The molecule has 3 heterocycles. The number of aromatic amines is 1. The van der Waals surface area contributed by atoms with Crippen LogP contribution in [0.2, 0.25) is 0 Å². The first-order chi connectivity index (χ1) is 15.3. The highest BCUT2D eigenvalue weighted by Crippen LogP contribution is 2.31. The van der Waals surface area contributed by atoms with Gasteiger partial charge >= 0.3 is 0 Å². The smallest absolute Gasteiger partial charge is 0.278 e. The van der Waals surface area contributed by atoms with Gasteiger partial charge in [-0.1, -0.05) is 0 Å². The van der Waals surface area contributed by atoms with Crippen LogP contribution in [0.5, 0.6) is 5.75 Å². The first-order valence-electron chi connectivity index (χ1n) is 9.26. The Morgan fingerprint density at radius 3 is 2.84 bits per heavy atom. The predicted molar refractivity (Wildman–Crippen MR) is 107 cm³/mol. The van der Waals surface area contributed by atoms with Crippen LogP contribution in [0.4, 0.5) is 0 Å². The van der Waals surface area contributed by atoms with Crippen LogP contribution in [-0.2, 0) is 14.8 Å². The molecule has 13 nitrogen and oxygen atoms in total. The Kier molecular flexibility index (Phi) is 5.67. The second-order valence-corrected chi connectivity index (χ2v) is 8.69. The van der Waals surface area contributed by atoms with E-state index in [0.717, 1.165) is 12.4 Å². The monoisotopic (exact) mass is 462 g/mol. The molecule has 1 saturated heterocycles. The molecule has 0 aliphatic carbocycles. The first-order valence-corrected chi connectivity index (χ1v) is 10.7. The van der Waals surface area contributed by atoms with E-state index < -0.39 is 40.1 Å². The Labute approximate surface area is 180 Å². The molecule has 4 N–H and O–H groups in total. The highest BCUT2D eigenvalue weighted by atomic mass is 32.2. The van der Waals surface area contributed by atoms with Crippen molar-refractivity contribution in [3.05, 3.63) is 46.8 Å². The van der Waals surface area contributed by atoms with Crippen molar-refractivity contribution in [2.45, 2.75) is 29.4 Å². The largest absolute Gasteiger partial charge is 0.495 e. The maximum absolute atomic E-state index is 12.6. The summed E-state index contributed by atoms with van der Waals surface area (Å²) in [5.74, 6) is 0.229. The van der Waals surface area contributed by atoms with E-state index in [-0.39, 0.29) is 33.9 Å². The van der Waals surface area contributed by atoms with Crippen molar-refractivity contribution in [3.63, 3.8) is 0 Å². The average molecular weight is 462 g/mol. The summed E-state index contributed by atoms with van der Waals surface area (Å²) in [7, 11) is -2.70. The Morgan fingerprint density at radius 1 is 1.34 bits per heavy atom. The molecule has 0 spiro atoms. The number of methoxy groups -OCH3 is 1. The maximum Gasteiger partial charge on any atom is 0.278 e. The third-order valence-corrected chi connectivity index (χ3v) is 6.47. The zero-order valence-corrected chi connectivity index (χ0v) is 17.4. The van der Waals surface area contributed by atoms with Crippen LogP contribution >= 0.6 is 0 Å². The van der Waals surface area contributed by atoms with Crippen LogP contribution in [-0.4, -0.2) is 70.1 Å². The second kappa shape index (κ2) is 8.30. The molecule has 14 heteroatoms. The minimum atomic E-state index is -4.06. The number of rotatable bonds is 6. The Balaban J connectivity index is 1.52. The van der Waals surface area contributed by atoms with Gasteiger partial charge in [0, 0.05) is 6.54 Å². The standard InChI is InChI=1S/C18H18N6O7S/c1-30-11-3-2-10(4-9(11)5-19)32(28,29)23-6-12-14(25)15(26)18(31-12)24-8-22-13-16(24)20-7-21-17(13)27/h2-4,7-8,12,14-15,18,23,25-26H,6H2,1H3,(H,20,21,27)/t12-,14-,15-,18-/m1/s1. The summed E-state index contributed by atoms with van der Waals surface area (Å²) in [6, 6.07) is 5.64. The predicted octanol–water partition coefficient (Wildman–Crippen LogP) is -1.40. The van der Waals surface area contributed by atoms with Gasteiger partial charge in [-0.3, -0.25) is 9.36 Å². The van der Waals surface area contributed by atoms with Gasteiger partial charge in [-0.15, -0.1) is 0 Å². The minimum absolute atomic E-state index is 0.0229. The average Bonchev–Trinajstić information content (AvgIpc) is 3.34. The van der Waals surface area contributed by atoms with Crippen molar-refractivity contribution in [3.8, 4) is 11.8 Å². The fourth-order valence-corrected chi connectivity index (χ4v) is 4.46.